The van der Waals surface area contributed by atoms with Gasteiger partial charge in [0.1, 0.15) is 29.2 Å². The summed E-state index contributed by atoms with van der Waals surface area (Å²) >= 11 is 1.33. The Morgan fingerprint density at radius 2 is 1.82 bits per heavy atom. The second-order valence-electron chi connectivity index (χ2n) is 8.74. The van der Waals surface area contributed by atoms with Crippen LogP contribution in [0.15, 0.2) is 42.9 Å². The van der Waals surface area contributed by atoms with Crippen molar-refractivity contribution >= 4 is 50.3 Å². The number of hydrogen-bond acceptors (Lipinski definition) is 10. The third-order valence-electron chi connectivity index (χ3n) is 5.52. The van der Waals surface area contributed by atoms with Gasteiger partial charge in [0.05, 0.1) is 45.5 Å². The maximum atomic E-state index is 14.9. The van der Waals surface area contributed by atoms with E-state index in [0.29, 0.717) is 43.3 Å². The summed E-state index contributed by atoms with van der Waals surface area (Å²) in [6, 6.07) is 6.55. The molecule has 2 aromatic carbocycles. The zero-order chi connectivity index (χ0) is 27.7. The van der Waals surface area contributed by atoms with Gasteiger partial charge in [-0.1, -0.05) is 0 Å². The SMILES string of the molecule is Cc1cc(-c2nc3cc(F)c(OC(C)COC(=O)Nc4cnc(C)nc4)cc3s2)c2ncc(C(N)=O)nc2c1. The summed E-state index contributed by atoms with van der Waals surface area (Å²) < 4.78 is 26.5. The molecule has 5 aromatic rings. The van der Waals surface area contributed by atoms with Gasteiger partial charge >= 0.3 is 6.09 Å². The van der Waals surface area contributed by atoms with Crippen molar-refractivity contribution < 1.29 is 23.5 Å². The van der Waals surface area contributed by atoms with Gasteiger partial charge < -0.3 is 15.2 Å². The van der Waals surface area contributed by atoms with Crippen molar-refractivity contribution in [3.05, 3.63) is 65.8 Å². The molecule has 0 radical (unpaired) electrons. The Kier molecular flexibility index (Phi) is 6.98. The van der Waals surface area contributed by atoms with Crippen molar-refractivity contribution in [1.29, 1.82) is 0 Å². The fraction of sp³-hybridized carbons (Fsp3) is 0.192. The maximum absolute atomic E-state index is 14.9. The Bertz CT molecular complexity index is 1730. The van der Waals surface area contributed by atoms with E-state index < -0.39 is 23.9 Å². The molecule has 0 aliphatic carbocycles. The maximum Gasteiger partial charge on any atom is 0.411 e. The number of thiazole rings is 1. The van der Waals surface area contributed by atoms with Crippen LogP contribution in [-0.4, -0.2) is 49.6 Å². The first kappa shape index (κ1) is 25.9. The van der Waals surface area contributed by atoms with E-state index in [1.165, 1.54) is 36.0 Å². The minimum atomic E-state index is -0.711. The lowest BCUT2D eigenvalue weighted by Crippen LogP contribution is -2.24. The molecule has 5 rings (SSSR count). The third-order valence-corrected chi connectivity index (χ3v) is 6.57. The number of fused-ring (bicyclic) bond motifs is 2. The van der Waals surface area contributed by atoms with Crippen molar-refractivity contribution in [2.75, 3.05) is 11.9 Å². The second kappa shape index (κ2) is 10.5. The van der Waals surface area contributed by atoms with Crippen LogP contribution in [0.25, 0.3) is 31.8 Å². The van der Waals surface area contributed by atoms with Crippen LogP contribution in [-0.2, 0) is 4.74 Å². The summed E-state index contributed by atoms with van der Waals surface area (Å²) in [5, 5.41) is 3.11. The number of nitrogens with zero attached hydrogens (tertiary/aromatic N) is 5. The number of ether oxygens (including phenoxy) is 2. The van der Waals surface area contributed by atoms with Gasteiger partial charge in [-0.2, -0.15) is 0 Å². The Morgan fingerprint density at radius 3 is 2.56 bits per heavy atom. The number of carbonyl (C=O) groups excluding carboxylic acids is 2. The van der Waals surface area contributed by atoms with Crippen LogP contribution in [0.4, 0.5) is 14.9 Å². The molecule has 0 fully saturated rings. The van der Waals surface area contributed by atoms with Crippen LogP contribution in [0, 0.1) is 19.7 Å². The van der Waals surface area contributed by atoms with E-state index >= 15 is 0 Å². The number of nitrogens with two attached hydrogens (primary N) is 1. The van der Waals surface area contributed by atoms with E-state index in [1.807, 2.05) is 13.0 Å². The minimum absolute atomic E-state index is 0.00105. The molecule has 0 saturated heterocycles. The lowest BCUT2D eigenvalue weighted by atomic mass is 10.1. The average Bonchev–Trinajstić information content (AvgIpc) is 3.30. The number of amides is 2. The van der Waals surface area contributed by atoms with Gasteiger partial charge in [-0.25, -0.2) is 29.1 Å². The molecule has 1 atom stereocenters. The molecule has 3 heterocycles. The quantitative estimate of drug-likeness (QED) is 0.298. The number of nitrogens with one attached hydrogen (secondary N) is 1. The predicted molar refractivity (Wildman–Crippen MR) is 143 cm³/mol. The van der Waals surface area contributed by atoms with E-state index in [0.717, 1.165) is 5.56 Å². The molecule has 1 unspecified atom stereocenters. The first-order valence-electron chi connectivity index (χ1n) is 11.7. The third kappa shape index (κ3) is 5.72. The molecule has 0 aliphatic heterocycles. The molecular weight excluding hydrogens is 525 g/mol. The highest BCUT2D eigenvalue weighted by Crippen LogP contribution is 2.37. The lowest BCUT2D eigenvalue weighted by molar-refractivity contribution is 0.0969. The van der Waals surface area contributed by atoms with Crippen LogP contribution in [0.5, 0.6) is 5.75 Å². The van der Waals surface area contributed by atoms with Crippen molar-refractivity contribution in [3.63, 3.8) is 0 Å². The molecule has 39 heavy (non-hydrogen) atoms. The van der Waals surface area contributed by atoms with E-state index in [2.05, 4.69) is 30.2 Å². The fourth-order valence-electron chi connectivity index (χ4n) is 3.74. The number of aryl methyl sites for hydroxylation is 2. The summed E-state index contributed by atoms with van der Waals surface area (Å²) in [5.41, 5.74) is 8.87. The Balaban J connectivity index is 1.33. The van der Waals surface area contributed by atoms with E-state index in [1.54, 1.807) is 26.0 Å². The van der Waals surface area contributed by atoms with Crippen LogP contribution in [0.2, 0.25) is 0 Å². The topological polar surface area (TPSA) is 155 Å². The molecule has 0 spiro atoms. The zero-order valence-corrected chi connectivity index (χ0v) is 21.9. The number of anilines is 1. The molecule has 0 bridgehead atoms. The van der Waals surface area contributed by atoms with Crippen LogP contribution < -0.4 is 15.8 Å². The number of rotatable bonds is 7. The summed E-state index contributed by atoms with van der Waals surface area (Å²) in [6.45, 7) is 5.15. The molecule has 13 heteroatoms. The zero-order valence-electron chi connectivity index (χ0n) is 21.1. The highest BCUT2D eigenvalue weighted by atomic mass is 32.1. The summed E-state index contributed by atoms with van der Waals surface area (Å²) in [7, 11) is 0. The van der Waals surface area contributed by atoms with Gasteiger partial charge in [-0.3, -0.25) is 15.1 Å². The number of primary amides is 1. The van der Waals surface area contributed by atoms with Crippen LogP contribution in [0.3, 0.4) is 0 Å². The van der Waals surface area contributed by atoms with Gasteiger partial charge in [-0.15, -0.1) is 11.3 Å². The molecule has 11 nitrogen and oxygen atoms in total. The smallest absolute Gasteiger partial charge is 0.411 e. The number of aromatic nitrogens is 5. The standard InChI is InChI=1S/C26H22FN7O4S/c1-12-4-16(23-19(5-12)33-20(10-31-23)24(28)35)25-34-18-6-17(27)21(7-22(18)39-25)38-13(2)11-37-26(36)32-15-8-29-14(3)30-9-15/h4-10,13H,11H2,1-3H3,(H2,28,35)(H,32,36). The van der Waals surface area contributed by atoms with Crippen LogP contribution >= 0.6 is 11.3 Å². The van der Waals surface area contributed by atoms with Crippen LogP contribution in [0.1, 0.15) is 28.8 Å². The molecule has 3 N–H and O–H groups in total. The number of halogens is 1. The average molecular weight is 548 g/mol. The van der Waals surface area contributed by atoms with Gasteiger partial charge in [0.15, 0.2) is 11.6 Å². The monoisotopic (exact) mass is 547 g/mol. The number of benzene rings is 2. The van der Waals surface area contributed by atoms with Crippen molar-refractivity contribution in [1.82, 2.24) is 24.9 Å². The molecule has 198 valence electrons. The van der Waals surface area contributed by atoms with E-state index in [9.17, 15) is 14.0 Å². The van der Waals surface area contributed by atoms with E-state index in [-0.39, 0.29) is 18.1 Å². The fourth-order valence-corrected chi connectivity index (χ4v) is 4.73. The largest absolute Gasteiger partial charge is 0.484 e. The van der Waals surface area contributed by atoms with Gasteiger partial charge in [0, 0.05) is 17.7 Å². The predicted octanol–water partition coefficient (Wildman–Crippen LogP) is 4.57. The Labute approximate surface area is 225 Å². The van der Waals surface area contributed by atoms with Crippen molar-refractivity contribution in [3.8, 4) is 16.3 Å². The first-order chi connectivity index (χ1) is 18.7. The minimum Gasteiger partial charge on any atom is -0.484 e. The first-order valence-corrected chi connectivity index (χ1v) is 12.5. The normalized spacial score (nSPS) is 11.9. The summed E-state index contributed by atoms with van der Waals surface area (Å²) in [4.78, 5) is 44.8. The number of hydrogen-bond donors (Lipinski definition) is 2. The highest BCUT2D eigenvalue weighted by Gasteiger charge is 2.18. The van der Waals surface area contributed by atoms with Gasteiger partial charge in [-0.05, 0) is 38.5 Å². The second-order valence-corrected chi connectivity index (χ2v) is 9.77. The summed E-state index contributed by atoms with van der Waals surface area (Å²) in [6.07, 6.45) is 2.89. The molecule has 3 aromatic heterocycles. The number of carbonyl (C=O) groups is 2. The Morgan fingerprint density at radius 1 is 1.05 bits per heavy atom. The lowest BCUT2D eigenvalue weighted by Gasteiger charge is -2.15. The van der Waals surface area contributed by atoms with Crippen molar-refractivity contribution in [2.45, 2.75) is 26.9 Å². The summed E-state index contributed by atoms with van der Waals surface area (Å²) in [5.74, 6) is -0.701. The van der Waals surface area contributed by atoms with E-state index in [4.69, 9.17) is 15.2 Å². The molecule has 0 saturated carbocycles. The van der Waals surface area contributed by atoms with Gasteiger partial charge in [0.2, 0.25) is 0 Å². The Hall–Kier alpha value is -4.78. The van der Waals surface area contributed by atoms with Gasteiger partial charge in [0.25, 0.3) is 5.91 Å². The molecule has 0 aliphatic rings. The highest BCUT2D eigenvalue weighted by molar-refractivity contribution is 7.21. The molecular formula is C26H22FN7O4S. The van der Waals surface area contributed by atoms with Crippen molar-refractivity contribution in [2.24, 2.45) is 5.73 Å². The molecule has 2 amide bonds.